The zero-order valence-corrected chi connectivity index (χ0v) is 7.40. The first-order chi connectivity index (χ1) is 6.13. The minimum Gasteiger partial charge on any atom is -0.396 e. The minimum absolute atomic E-state index is 0.142. The highest BCUT2D eigenvalue weighted by Gasteiger charge is 2.15. The lowest BCUT2D eigenvalue weighted by molar-refractivity contribution is -0.123. The topological polar surface area (TPSA) is 83.5 Å². The van der Waals surface area contributed by atoms with Crippen LogP contribution in [0.25, 0.3) is 0 Å². The van der Waals surface area contributed by atoms with Crippen molar-refractivity contribution in [3.05, 3.63) is 0 Å². The number of rotatable bonds is 6. The Labute approximate surface area is 76.1 Å². The number of carbonyl (C=O) groups excluding carboxylic acids is 3. The highest BCUT2D eigenvalue weighted by Crippen LogP contribution is 2.01. The maximum absolute atomic E-state index is 10.6. The highest BCUT2D eigenvalue weighted by atomic mass is 16.3. The average molecular weight is 187 g/mol. The first-order valence-corrected chi connectivity index (χ1v) is 3.92. The summed E-state index contributed by atoms with van der Waals surface area (Å²) < 4.78 is 0. The Bertz CT molecular complexity index is 193. The molecule has 0 rings (SSSR count). The van der Waals surface area contributed by atoms with Gasteiger partial charge in [0.25, 0.3) is 0 Å². The number of nitrogens with one attached hydrogen (secondary N) is 1. The molecule has 0 bridgehead atoms. The first-order valence-electron chi connectivity index (χ1n) is 3.92. The number of aliphatic hydroxyl groups excluding tert-OH is 1. The van der Waals surface area contributed by atoms with Crippen LogP contribution in [0.1, 0.15) is 13.3 Å². The smallest absolute Gasteiger partial charge is 0.217 e. The summed E-state index contributed by atoms with van der Waals surface area (Å²) in [5.41, 5.74) is 0. The third kappa shape index (κ3) is 5.08. The van der Waals surface area contributed by atoms with Crippen LogP contribution in [0.4, 0.5) is 0 Å². The summed E-state index contributed by atoms with van der Waals surface area (Å²) in [4.78, 5) is 31.2. The molecule has 0 aromatic rings. The molecule has 0 unspecified atom stereocenters. The molecule has 74 valence electrons. The molecule has 0 aliphatic heterocycles. The van der Waals surface area contributed by atoms with Crippen LogP contribution in [0.2, 0.25) is 0 Å². The van der Waals surface area contributed by atoms with Gasteiger partial charge in [0.2, 0.25) is 5.91 Å². The fourth-order valence-corrected chi connectivity index (χ4v) is 0.909. The second-order valence-electron chi connectivity index (χ2n) is 2.76. The number of aliphatic hydroxyl groups is 1. The highest BCUT2D eigenvalue weighted by molar-refractivity contribution is 5.77. The second kappa shape index (κ2) is 6.30. The van der Waals surface area contributed by atoms with Gasteiger partial charge in [-0.05, 0) is 6.42 Å². The number of aldehydes is 2. The van der Waals surface area contributed by atoms with Crippen molar-refractivity contribution < 1.29 is 19.5 Å². The molecule has 0 radical (unpaired) electrons. The maximum Gasteiger partial charge on any atom is 0.217 e. The molecule has 0 heterocycles. The molecule has 2 N–H and O–H groups in total. The van der Waals surface area contributed by atoms with Crippen molar-refractivity contribution in [2.75, 3.05) is 6.61 Å². The molecule has 0 aromatic carbocycles. The van der Waals surface area contributed by atoms with Gasteiger partial charge in [0.05, 0.1) is 12.6 Å². The number of carbonyl (C=O) groups is 3. The quantitative estimate of drug-likeness (QED) is 0.516. The molecule has 5 nitrogen and oxygen atoms in total. The third-order valence-electron chi connectivity index (χ3n) is 1.54. The van der Waals surface area contributed by atoms with Crippen LogP contribution in [0, 0.1) is 5.92 Å². The third-order valence-corrected chi connectivity index (χ3v) is 1.54. The molecular weight excluding hydrogens is 174 g/mol. The molecule has 0 saturated carbocycles. The van der Waals surface area contributed by atoms with Crippen LogP contribution >= 0.6 is 0 Å². The van der Waals surface area contributed by atoms with Crippen molar-refractivity contribution in [3.63, 3.8) is 0 Å². The van der Waals surface area contributed by atoms with Crippen molar-refractivity contribution in [2.24, 2.45) is 5.92 Å². The Morgan fingerprint density at radius 1 is 1.46 bits per heavy atom. The zero-order chi connectivity index (χ0) is 10.3. The van der Waals surface area contributed by atoms with E-state index in [1.165, 1.54) is 6.92 Å². The van der Waals surface area contributed by atoms with Crippen LogP contribution in [0.15, 0.2) is 0 Å². The van der Waals surface area contributed by atoms with E-state index in [1.54, 1.807) is 0 Å². The predicted octanol–water partition coefficient (Wildman–Crippen LogP) is -1.11. The predicted molar refractivity (Wildman–Crippen MR) is 44.9 cm³/mol. The van der Waals surface area contributed by atoms with Gasteiger partial charge in [-0.3, -0.25) is 4.79 Å². The summed E-state index contributed by atoms with van der Waals surface area (Å²) in [6.07, 6.45) is 1.26. The molecule has 0 fully saturated rings. The zero-order valence-electron chi connectivity index (χ0n) is 7.40. The summed E-state index contributed by atoms with van der Waals surface area (Å²) in [6, 6.07) is -0.695. The van der Waals surface area contributed by atoms with Crippen molar-refractivity contribution >= 4 is 18.5 Å². The van der Waals surface area contributed by atoms with Gasteiger partial charge in [0, 0.05) is 12.8 Å². The molecule has 0 saturated heterocycles. The summed E-state index contributed by atoms with van der Waals surface area (Å²) in [7, 11) is 0. The molecule has 0 aliphatic rings. The normalized spacial score (nSPS) is 14.3. The van der Waals surface area contributed by atoms with Crippen LogP contribution in [-0.2, 0) is 14.4 Å². The summed E-state index contributed by atoms with van der Waals surface area (Å²) >= 11 is 0. The molecule has 0 aliphatic carbocycles. The van der Waals surface area contributed by atoms with E-state index >= 15 is 0 Å². The van der Waals surface area contributed by atoms with E-state index in [1.807, 2.05) is 0 Å². The standard InChI is InChI=1S/C8H13NO4/c1-6(13)9-8(5-12)2-7(3-10)4-11/h3,5,7-8,11H,2,4H2,1H3,(H,9,13)/t7-,8-/m1/s1. The van der Waals surface area contributed by atoms with Gasteiger partial charge in [-0.25, -0.2) is 0 Å². The van der Waals surface area contributed by atoms with E-state index in [4.69, 9.17) is 5.11 Å². The van der Waals surface area contributed by atoms with E-state index in [-0.39, 0.29) is 18.9 Å². The lowest BCUT2D eigenvalue weighted by Crippen LogP contribution is -2.36. The van der Waals surface area contributed by atoms with Gasteiger partial charge in [-0.1, -0.05) is 0 Å². The van der Waals surface area contributed by atoms with Gasteiger partial charge in [-0.15, -0.1) is 0 Å². The van der Waals surface area contributed by atoms with Gasteiger partial charge < -0.3 is 20.0 Å². The van der Waals surface area contributed by atoms with Crippen LogP contribution in [-0.4, -0.2) is 36.2 Å². The molecule has 2 atom stereocenters. The van der Waals surface area contributed by atoms with Crippen molar-refractivity contribution in [2.45, 2.75) is 19.4 Å². The van der Waals surface area contributed by atoms with E-state index in [2.05, 4.69) is 5.32 Å². The van der Waals surface area contributed by atoms with E-state index < -0.39 is 12.0 Å². The fourth-order valence-electron chi connectivity index (χ4n) is 0.909. The summed E-state index contributed by atoms with van der Waals surface area (Å²) in [6.45, 7) is 0.971. The lowest BCUT2D eigenvalue weighted by Gasteiger charge is -2.13. The Morgan fingerprint density at radius 3 is 2.38 bits per heavy atom. The Morgan fingerprint density at radius 2 is 2.08 bits per heavy atom. The Hall–Kier alpha value is -1.23. The van der Waals surface area contributed by atoms with Gasteiger partial charge >= 0.3 is 0 Å². The van der Waals surface area contributed by atoms with Crippen LogP contribution in [0.3, 0.4) is 0 Å². The number of amides is 1. The largest absolute Gasteiger partial charge is 0.396 e. The van der Waals surface area contributed by atoms with E-state index in [0.29, 0.717) is 12.6 Å². The van der Waals surface area contributed by atoms with Crippen LogP contribution < -0.4 is 5.32 Å². The van der Waals surface area contributed by atoms with Crippen molar-refractivity contribution in [1.29, 1.82) is 0 Å². The minimum atomic E-state index is -0.695. The molecule has 13 heavy (non-hydrogen) atoms. The van der Waals surface area contributed by atoms with Gasteiger partial charge in [0.1, 0.15) is 12.6 Å². The molecule has 5 heteroatoms. The van der Waals surface area contributed by atoms with E-state index in [0.717, 1.165) is 0 Å². The summed E-state index contributed by atoms with van der Waals surface area (Å²) in [5, 5.41) is 11.0. The van der Waals surface area contributed by atoms with E-state index in [9.17, 15) is 14.4 Å². The summed E-state index contributed by atoms with van der Waals surface area (Å²) in [5.74, 6) is -0.929. The molecule has 0 aromatic heterocycles. The Balaban J connectivity index is 4.02. The monoisotopic (exact) mass is 187 g/mol. The van der Waals surface area contributed by atoms with Crippen molar-refractivity contribution in [3.8, 4) is 0 Å². The van der Waals surface area contributed by atoms with Crippen molar-refractivity contribution in [1.82, 2.24) is 5.32 Å². The van der Waals surface area contributed by atoms with Gasteiger partial charge in [0.15, 0.2) is 0 Å². The number of hydrogen-bond acceptors (Lipinski definition) is 4. The number of hydrogen-bond donors (Lipinski definition) is 2. The lowest BCUT2D eigenvalue weighted by atomic mass is 10.0. The molecular formula is C8H13NO4. The van der Waals surface area contributed by atoms with Gasteiger partial charge in [-0.2, -0.15) is 0 Å². The van der Waals surface area contributed by atoms with Crippen LogP contribution in [0.5, 0.6) is 0 Å². The molecule has 1 amide bonds. The fraction of sp³-hybridized carbons (Fsp3) is 0.625. The second-order valence-corrected chi connectivity index (χ2v) is 2.76. The molecule has 0 spiro atoms. The SMILES string of the molecule is CC(=O)N[C@@H](C=O)C[C@H](C=O)CO. The Kier molecular flexibility index (Phi) is 5.71. The first kappa shape index (κ1) is 11.8. The maximum atomic E-state index is 10.6. The average Bonchev–Trinajstić information content (AvgIpc) is 2.11.